The SMILES string of the molecule is CC1CCN(CCNC(=O)NCCCN(C)CC(F)(F)F)CC1. The molecule has 0 aliphatic carbocycles. The molecule has 0 aromatic rings. The van der Waals surface area contributed by atoms with Crippen molar-refractivity contribution in [2.75, 3.05) is 52.9 Å². The number of nitrogens with one attached hydrogen (secondary N) is 2. The molecule has 8 heteroatoms. The predicted molar refractivity (Wildman–Crippen MR) is 84.4 cm³/mol. The van der Waals surface area contributed by atoms with Crippen molar-refractivity contribution in [2.24, 2.45) is 5.92 Å². The van der Waals surface area contributed by atoms with Crippen LogP contribution in [0.1, 0.15) is 26.2 Å². The number of rotatable bonds is 8. The predicted octanol–water partition coefficient (Wildman–Crippen LogP) is 1.90. The van der Waals surface area contributed by atoms with Gasteiger partial charge in [0.15, 0.2) is 0 Å². The second kappa shape index (κ2) is 9.97. The van der Waals surface area contributed by atoms with Crippen LogP contribution in [0.4, 0.5) is 18.0 Å². The molecule has 2 amide bonds. The lowest BCUT2D eigenvalue weighted by Crippen LogP contribution is -2.43. The Hall–Kier alpha value is -1.02. The zero-order chi connectivity index (χ0) is 17.3. The second-order valence-corrected chi connectivity index (χ2v) is 6.41. The first-order valence-electron chi connectivity index (χ1n) is 8.25. The maximum absolute atomic E-state index is 12.1. The summed E-state index contributed by atoms with van der Waals surface area (Å²) in [4.78, 5) is 15.1. The molecule has 0 aromatic carbocycles. The Labute approximate surface area is 136 Å². The van der Waals surface area contributed by atoms with E-state index in [4.69, 9.17) is 0 Å². The van der Waals surface area contributed by atoms with Gasteiger partial charge in [-0.15, -0.1) is 0 Å². The van der Waals surface area contributed by atoms with E-state index in [-0.39, 0.29) is 6.03 Å². The van der Waals surface area contributed by atoms with Gasteiger partial charge in [-0.3, -0.25) is 4.90 Å². The van der Waals surface area contributed by atoms with Gasteiger partial charge in [0.05, 0.1) is 6.54 Å². The van der Waals surface area contributed by atoms with Gasteiger partial charge in [-0.2, -0.15) is 13.2 Å². The number of urea groups is 1. The van der Waals surface area contributed by atoms with Crippen LogP contribution in [0.3, 0.4) is 0 Å². The summed E-state index contributed by atoms with van der Waals surface area (Å²) in [6.07, 6.45) is -1.27. The Morgan fingerprint density at radius 2 is 1.83 bits per heavy atom. The van der Waals surface area contributed by atoms with Crippen molar-refractivity contribution < 1.29 is 18.0 Å². The van der Waals surface area contributed by atoms with Gasteiger partial charge in [-0.1, -0.05) is 6.92 Å². The molecule has 0 radical (unpaired) electrons. The monoisotopic (exact) mass is 338 g/mol. The molecule has 0 unspecified atom stereocenters. The average molecular weight is 338 g/mol. The van der Waals surface area contributed by atoms with Crippen LogP contribution in [0.2, 0.25) is 0 Å². The van der Waals surface area contributed by atoms with Gasteiger partial charge in [0.25, 0.3) is 0 Å². The highest BCUT2D eigenvalue weighted by atomic mass is 19.4. The van der Waals surface area contributed by atoms with E-state index in [1.165, 1.54) is 24.8 Å². The molecule has 0 spiro atoms. The fourth-order valence-electron chi connectivity index (χ4n) is 2.61. The van der Waals surface area contributed by atoms with Gasteiger partial charge in [0.1, 0.15) is 0 Å². The Morgan fingerprint density at radius 1 is 1.22 bits per heavy atom. The summed E-state index contributed by atoms with van der Waals surface area (Å²) in [7, 11) is 1.42. The fraction of sp³-hybridized carbons (Fsp3) is 0.933. The number of likely N-dealkylation sites (tertiary alicyclic amines) is 1. The van der Waals surface area contributed by atoms with Crippen LogP contribution in [-0.4, -0.2) is 74.9 Å². The van der Waals surface area contributed by atoms with Crippen LogP contribution in [0, 0.1) is 5.92 Å². The molecular formula is C15H29F3N4O. The minimum atomic E-state index is -4.17. The molecule has 0 aromatic heterocycles. The van der Waals surface area contributed by atoms with Crippen molar-refractivity contribution in [2.45, 2.75) is 32.4 Å². The molecule has 1 saturated heterocycles. The van der Waals surface area contributed by atoms with Crippen LogP contribution in [-0.2, 0) is 0 Å². The van der Waals surface area contributed by atoms with E-state index >= 15 is 0 Å². The number of halogens is 3. The number of hydrogen-bond donors (Lipinski definition) is 2. The van der Waals surface area contributed by atoms with Crippen LogP contribution in [0.15, 0.2) is 0 Å². The Bertz CT molecular complexity index is 344. The van der Waals surface area contributed by atoms with E-state index in [2.05, 4.69) is 22.5 Å². The molecule has 1 aliphatic heterocycles. The first-order chi connectivity index (χ1) is 10.8. The third-order valence-corrected chi connectivity index (χ3v) is 4.04. The summed E-state index contributed by atoms with van der Waals surface area (Å²) >= 11 is 0. The third kappa shape index (κ3) is 10.4. The standard InChI is InChI=1S/C15H29F3N4O/c1-13-4-9-22(10-5-13)11-7-20-14(23)19-6-3-8-21(2)12-15(16,17)18/h13H,3-12H2,1-2H3,(H2,19,20,23). The highest BCUT2D eigenvalue weighted by molar-refractivity contribution is 5.73. The third-order valence-electron chi connectivity index (χ3n) is 4.04. The second-order valence-electron chi connectivity index (χ2n) is 6.41. The molecule has 1 fully saturated rings. The quantitative estimate of drug-likeness (QED) is 0.665. The van der Waals surface area contributed by atoms with E-state index in [9.17, 15) is 18.0 Å². The molecule has 2 N–H and O–H groups in total. The first-order valence-corrected chi connectivity index (χ1v) is 8.25. The van der Waals surface area contributed by atoms with Crippen molar-refractivity contribution in [3.05, 3.63) is 0 Å². The van der Waals surface area contributed by atoms with Gasteiger partial charge < -0.3 is 15.5 Å². The number of carbonyl (C=O) groups is 1. The summed E-state index contributed by atoms with van der Waals surface area (Å²) in [5.41, 5.74) is 0. The molecule has 1 heterocycles. The zero-order valence-corrected chi connectivity index (χ0v) is 14.1. The van der Waals surface area contributed by atoms with Crippen LogP contribution < -0.4 is 10.6 Å². The Morgan fingerprint density at radius 3 is 2.43 bits per heavy atom. The van der Waals surface area contributed by atoms with E-state index in [0.717, 1.165) is 25.6 Å². The van der Waals surface area contributed by atoms with Gasteiger partial charge in [-0.05, 0) is 51.9 Å². The van der Waals surface area contributed by atoms with Gasteiger partial charge in [0.2, 0.25) is 0 Å². The highest BCUT2D eigenvalue weighted by Gasteiger charge is 2.28. The lowest BCUT2D eigenvalue weighted by Gasteiger charge is -2.30. The number of carbonyl (C=O) groups excluding carboxylic acids is 1. The van der Waals surface area contributed by atoms with Gasteiger partial charge in [-0.25, -0.2) is 4.79 Å². The fourth-order valence-corrected chi connectivity index (χ4v) is 2.61. The average Bonchev–Trinajstić information content (AvgIpc) is 2.44. The number of nitrogens with zero attached hydrogens (tertiary/aromatic N) is 2. The Kier molecular flexibility index (Phi) is 8.68. The Balaban J connectivity index is 1.98. The van der Waals surface area contributed by atoms with E-state index < -0.39 is 12.7 Å². The molecule has 23 heavy (non-hydrogen) atoms. The van der Waals surface area contributed by atoms with Crippen LogP contribution in [0.25, 0.3) is 0 Å². The van der Waals surface area contributed by atoms with Crippen molar-refractivity contribution in [3.63, 3.8) is 0 Å². The lowest BCUT2D eigenvalue weighted by atomic mass is 9.99. The maximum Gasteiger partial charge on any atom is 0.401 e. The molecule has 5 nitrogen and oxygen atoms in total. The molecule has 136 valence electrons. The maximum atomic E-state index is 12.1. The van der Waals surface area contributed by atoms with E-state index in [0.29, 0.717) is 26.1 Å². The summed E-state index contributed by atoms with van der Waals surface area (Å²) in [6, 6.07) is -0.256. The van der Waals surface area contributed by atoms with Crippen LogP contribution in [0.5, 0.6) is 0 Å². The normalized spacial score (nSPS) is 17.5. The smallest absolute Gasteiger partial charge is 0.338 e. The molecule has 0 bridgehead atoms. The first kappa shape index (κ1) is 20.0. The van der Waals surface area contributed by atoms with E-state index in [1.807, 2.05) is 0 Å². The molecule has 0 saturated carbocycles. The minimum Gasteiger partial charge on any atom is -0.338 e. The van der Waals surface area contributed by atoms with Crippen molar-refractivity contribution in [1.82, 2.24) is 20.4 Å². The molecule has 1 rings (SSSR count). The summed E-state index contributed by atoms with van der Waals surface area (Å²) in [5.74, 6) is 0.790. The highest BCUT2D eigenvalue weighted by Crippen LogP contribution is 2.15. The molecule has 1 aliphatic rings. The summed E-state index contributed by atoms with van der Waals surface area (Å²) in [6.45, 7) is 5.60. The number of piperidine rings is 1. The molecular weight excluding hydrogens is 309 g/mol. The largest absolute Gasteiger partial charge is 0.401 e. The van der Waals surface area contributed by atoms with Crippen molar-refractivity contribution in [1.29, 1.82) is 0 Å². The van der Waals surface area contributed by atoms with Gasteiger partial charge in [0, 0.05) is 19.6 Å². The van der Waals surface area contributed by atoms with Gasteiger partial charge >= 0.3 is 12.2 Å². The number of alkyl halides is 3. The molecule has 0 atom stereocenters. The topological polar surface area (TPSA) is 47.6 Å². The zero-order valence-electron chi connectivity index (χ0n) is 14.1. The van der Waals surface area contributed by atoms with E-state index in [1.54, 1.807) is 0 Å². The lowest BCUT2D eigenvalue weighted by molar-refractivity contribution is -0.143. The number of hydrogen-bond acceptors (Lipinski definition) is 3. The van der Waals surface area contributed by atoms with Crippen molar-refractivity contribution >= 4 is 6.03 Å². The number of amides is 2. The summed E-state index contributed by atoms with van der Waals surface area (Å²) in [5, 5.41) is 5.45. The minimum absolute atomic E-state index is 0.256. The summed E-state index contributed by atoms with van der Waals surface area (Å²) < 4.78 is 36.4. The van der Waals surface area contributed by atoms with Crippen LogP contribution >= 0.6 is 0 Å². The van der Waals surface area contributed by atoms with Crippen molar-refractivity contribution in [3.8, 4) is 0 Å².